The number of methoxy groups -OCH3 is 2. The molecule has 1 unspecified atom stereocenters. The Morgan fingerprint density at radius 2 is 1.90 bits per heavy atom. The van der Waals surface area contributed by atoms with E-state index in [0.717, 1.165) is 19.5 Å². The minimum Gasteiger partial charge on any atom is -0.496 e. The lowest BCUT2D eigenvalue weighted by atomic mass is 10.1. The zero-order valence-electron chi connectivity index (χ0n) is 13.2. The van der Waals surface area contributed by atoms with Gasteiger partial charge >= 0.3 is 0 Å². The van der Waals surface area contributed by atoms with E-state index >= 15 is 0 Å². The van der Waals surface area contributed by atoms with Crippen molar-refractivity contribution in [2.45, 2.75) is 32.4 Å². The van der Waals surface area contributed by atoms with Crippen molar-refractivity contribution in [2.75, 3.05) is 27.3 Å². The van der Waals surface area contributed by atoms with E-state index in [-0.39, 0.29) is 18.0 Å². The van der Waals surface area contributed by atoms with E-state index in [1.165, 1.54) is 0 Å². The first-order valence-corrected chi connectivity index (χ1v) is 7.34. The highest BCUT2D eigenvalue weighted by Gasteiger charge is 2.32. The quantitative estimate of drug-likeness (QED) is 0.901. The van der Waals surface area contributed by atoms with Crippen LogP contribution in [0.4, 0.5) is 0 Å². The van der Waals surface area contributed by atoms with Crippen LogP contribution >= 0.6 is 0 Å². The van der Waals surface area contributed by atoms with Crippen LogP contribution in [0.15, 0.2) is 18.2 Å². The molecule has 1 aliphatic heterocycles. The molecule has 1 aromatic rings. The fourth-order valence-corrected chi connectivity index (χ4v) is 2.89. The molecule has 2 rings (SSSR count). The summed E-state index contributed by atoms with van der Waals surface area (Å²) in [6, 6.07) is 5.75. The van der Waals surface area contributed by atoms with E-state index in [0.29, 0.717) is 17.1 Å². The number of hydrogen-bond acceptors (Lipinski definition) is 4. The first-order chi connectivity index (χ1) is 10.1. The summed E-state index contributed by atoms with van der Waals surface area (Å²) in [5.41, 5.74) is 0.503. The first kappa shape index (κ1) is 15.6. The van der Waals surface area contributed by atoms with Gasteiger partial charge in [0, 0.05) is 18.6 Å². The van der Waals surface area contributed by atoms with Crippen molar-refractivity contribution in [3.63, 3.8) is 0 Å². The number of hydrogen-bond donors (Lipinski definition) is 1. The Morgan fingerprint density at radius 3 is 2.33 bits per heavy atom. The van der Waals surface area contributed by atoms with Gasteiger partial charge in [0.2, 0.25) is 0 Å². The summed E-state index contributed by atoms with van der Waals surface area (Å²) in [4.78, 5) is 15.0. The van der Waals surface area contributed by atoms with Gasteiger partial charge in [-0.15, -0.1) is 0 Å². The number of benzene rings is 1. The molecule has 1 aliphatic rings. The molecule has 1 N–H and O–H groups in total. The minimum absolute atomic E-state index is 0.0343. The van der Waals surface area contributed by atoms with E-state index in [1.54, 1.807) is 26.4 Å². The Bertz CT molecular complexity index is 474. The second-order valence-electron chi connectivity index (χ2n) is 5.49. The highest BCUT2D eigenvalue weighted by molar-refractivity contribution is 6.00. The SMILES string of the molecule is COc1cccc(OC)c1C(=O)N(C(C)C)C1CCNC1. The van der Waals surface area contributed by atoms with Crippen LogP contribution in [0.3, 0.4) is 0 Å². The molecule has 1 saturated heterocycles. The van der Waals surface area contributed by atoms with Crippen LogP contribution in [0.5, 0.6) is 11.5 Å². The van der Waals surface area contributed by atoms with E-state index in [9.17, 15) is 4.79 Å². The van der Waals surface area contributed by atoms with Gasteiger partial charge in [0.25, 0.3) is 5.91 Å². The number of nitrogens with one attached hydrogen (secondary N) is 1. The van der Waals surface area contributed by atoms with Crippen LogP contribution in [-0.4, -0.2) is 50.2 Å². The molecular weight excluding hydrogens is 268 g/mol. The van der Waals surface area contributed by atoms with Crippen LogP contribution in [0.1, 0.15) is 30.6 Å². The predicted molar refractivity (Wildman–Crippen MR) is 82.1 cm³/mol. The third kappa shape index (κ3) is 3.13. The van der Waals surface area contributed by atoms with Gasteiger partial charge in [-0.05, 0) is 38.9 Å². The molecule has 5 heteroatoms. The Balaban J connectivity index is 2.40. The standard InChI is InChI=1S/C16H24N2O3/c1-11(2)18(12-8-9-17-10-12)16(19)15-13(20-3)6-5-7-14(15)21-4/h5-7,11-12,17H,8-10H2,1-4H3. The van der Waals surface area contributed by atoms with E-state index in [2.05, 4.69) is 5.32 Å². The Morgan fingerprint density at radius 1 is 1.29 bits per heavy atom. The molecule has 1 fully saturated rings. The Hall–Kier alpha value is -1.75. The molecule has 1 aromatic carbocycles. The lowest BCUT2D eigenvalue weighted by molar-refractivity contribution is 0.0619. The Labute approximate surface area is 126 Å². The lowest BCUT2D eigenvalue weighted by Crippen LogP contribution is -2.46. The van der Waals surface area contributed by atoms with E-state index in [4.69, 9.17) is 9.47 Å². The summed E-state index contributed by atoms with van der Waals surface area (Å²) in [7, 11) is 3.14. The molecule has 116 valence electrons. The second-order valence-corrected chi connectivity index (χ2v) is 5.49. The normalized spacial score (nSPS) is 17.9. The molecule has 1 amide bonds. The van der Waals surface area contributed by atoms with Gasteiger partial charge in [0.1, 0.15) is 17.1 Å². The summed E-state index contributed by atoms with van der Waals surface area (Å²) >= 11 is 0. The average molecular weight is 292 g/mol. The summed E-state index contributed by atoms with van der Waals surface area (Å²) < 4.78 is 10.7. The fraction of sp³-hybridized carbons (Fsp3) is 0.562. The molecule has 0 radical (unpaired) electrons. The van der Waals surface area contributed by atoms with Crippen molar-refractivity contribution in [2.24, 2.45) is 0 Å². The summed E-state index contributed by atoms with van der Waals surface area (Å²) in [5.74, 6) is 1.07. The molecule has 0 aromatic heterocycles. The van der Waals surface area contributed by atoms with Gasteiger partial charge in [-0.1, -0.05) is 6.07 Å². The number of rotatable bonds is 5. The summed E-state index contributed by atoms with van der Waals surface area (Å²) in [6.45, 7) is 5.86. The molecule has 0 bridgehead atoms. The molecule has 0 saturated carbocycles. The zero-order valence-corrected chi connectivity index (χ0v) is 13.2. The van der Waals surface area contributed by atoms with Gasteiger partial charge in [0.05, 0.1) is 14.2 Å². The molecule has 0 spiro atoms. The van der Waals surface area contributed by atoms with Gasteiger partial charge in [-0.25, -0.2) is 0 Å². The molecule has 21 heavy (non-hydrogen) atoms. The molecule has 1 heterocycles. The first-order valence-electron chi connectivity index (χ1n) is 7.34. The van der Waals surface area contributed by atoms with Crippen LogP contribution in [0.2, 0.25) is 0 Å². The van der Waals surface area contributed by atoms with Crippen LogP contribution in [-0.2, 0) is 0 Å². The largest absolute Gasteiger partial charge is 0.496 e. The monoisotopic (exact) mass is 292 g/mol. The molecule has 5 nitrogen and oxygen atoms in total. The predicted octanol–water partition coefficient (Wildman–Crippen LogP) is 1.92. The number of carbonyl (C=O) groups is 1. The maximum atomic E-state index is 13.1. The fourth-order valence-electron chi connectivity index (χ4n) is 2.89. The average Bonchev–Trinajstić information content (AvgIpc) is 2.99. The van der Waals surface area contributed by atoms with Gasteiger partial charge in [-0.3, -0.25) is 4.79 Å². The summed E-state index contributed by atoms with van der Waals surface area (Å²) in [5, 5.41) is 3.31. The smallest absolute Gasteiger partial charge is 0.261 e. The highest BCUT2D eigenvalue weighted by atomic mass is 16.5. The van der Waals surface area contributed by atoms with Gasteiger partial charge in [-0.2, -0.15) is 0 Å². The summed E-state index contributed by atoms with van der Waals surface area (Å²) in [6.07, 6.45) is 0.974. The topological polar surface area (TPSA) is 50.8 Å². The van der Waals surface area contributed by atoms with Crippen molar-refractivity contribution in [3.8, 4) is 11.5 Å². The molecular formula is C16H24N2O3. The third-order valence-corrected chi connectivity index (χ3v) is 3.86. The van der Waals surface area contributed by atoms with Crippen LogP contribution in [0.25, 0.3) is 0 Å². The number of ether oxygens (including phenoxy) is 2. The number of carbonyl (C=O) groups excluding carboxylic acids is 1. The van der Waals surface area contributed by atoms with Gasteiger partial charge in [0.15, 0.2) is 0 Å². The Kier molecular flexibility index (Phi) is 5.07. The lowest BCUT2D eigenvalue weighted by Gasteiger charge is -2.33. The van der Waals surface area contributed by atoms with Crippen molar-refractivity contribution in [3.05, 3.63) is 23.8 Å². The minimum atomic E-state index is -0.0343. The molecule has 1 atom stereocenters. The maximum absolute atomic E-state index is 13.1. The maximum Gasteiger partial charge on any atom is 0.261 e. The van der Waals surface area contributed by atoms with Crippen molar-refractivity contribution >= 4 is 5.91 Å². The molecule has 0 aliphatic carbocycles. The third-order valence-electron chi connectivity index (χ3n) is 3.86. The zero-order chi connectivity index (χ0) is 15.4. The van der Waals surface area contributed by atoms with Crippen LogP contribution < -0.4 is 14.8 Å². The van der Waals surface area contributed by atoms with Crippen molar-refractivity contribution < 1.29 is 14.3 Å². The van der Waals surface area contributed by atoms with Crippen molar-refractivity contribution in [1.29, 1.82) is 0 Å². The highest BCUT2D eigenvalue weighted by Crippen LogP contribution is 2.31. The van der Waals surface area contributed by atoms with E-state index < -0.39 is 0 Å². The second kappa shape index (κ2) is 6.80. The van der Waals surface area contributed by atoms with E-state index in [1.807, 2.05) is 24.8 Å². The van der Waals surface area contributed by atoms with Crippen molar-refractivity contribution in [1.82, 2.24) is 10.2 Å². The number of nitrogens with zero attached hydrogens (tertiary/aromatic N) is 1. The number of amides is 1. The van der Waals surface area contributed by atoms with Gasteiger partial charge < -0.3 is 19.7 Å². The van der Waals surface area contributed by atoms with Crippen LogP contribution in [0, 0.1) is 0 Å².